The molecule has 1 aliphatic heterocycles. The molecule has 0 aliphatic carbocycles. The fourth-order valence-corrected chi connectivity index (χ4v) is 1.75. The molecule has 0 bridgehead atoms. The van der Waals surface area contributed by atoms with Gasteiger partial charge in [0.2, 0.25) is 0 Å². The highest BCUT2D eigenvalue weighted by atomic mass is 16.6. The van der Waals surface area contributed by atoms with Crippen LogP contribution in [0, 0.1) is 0 Å². The van der Waals surface area contributed by atoms with Gasteiger partial charge in [-0.25, -0.2) is 9.59 Å². The smallest absolute Gasteiger partial charge is 0.338 e. The number of nitrogens with two attached hydrogens (primary N) is 1. The first-order valence-corrected chi connectivity index (χ1v) is 6.21. The summed E-state index contributed by atoms with van der Waals surface area (Å²) in [6.07, 6.45) is 0.503. The predicted octanol–water partition coefficient (Wildman–Crippen LogP) is 0.589. The molecule has 3 amide bonds. The number of fused-ring (bicyclic) bond motifs is 1. The maximum absolute atomic E-state index is 11.9. The molecule has 0 fully saturated rings. The Morgan fingerprint density at radius 2 is 2.05 bits per heavy atom. The Balaban J connectivity index is 2.03. The number of primary amides is 1. The number of ether oxygens (including phenoxy) is 2. The zero-order valence-electron chi connectivity index (χ0n) is 11.3. The average molecular weight is 290 g/mol. The summed E-state index contributed by atoms with van der Waals surface area (Å²) in [7, 11) is 0. The summed E-state index contributed by atoms with van der Waals surface area (Å²) >= 11 is 0. The van der Waals surface area contributed by atoms with Crippen LogP contribution in [-0.2, 0) is 14.3 Å². The molecular formula is C14H14N2O5. The molecule has 21 heavy (non-hydrogen) atoms. The van der Waals surface area contributed by atoms with E-state index in [0.717, 1.165) is 5.56 Å². The largest absolute Gasteiger partial charge is 0.488 e. The standard InChI is InChI=1S/C14H14N2O5/c1-8(12(17)16-14(15)19)21-13(18)10-6-9-4-2-3-5-11(9)20-7-10/h2-6,8H,7H2,1H3,(H3,15,16,17,19)/t8-/m0/s1. The minimum atomic E-state index is -1.14. The summed E-state index contributed by atoms with van der Waals surface area (Å²) in [6, 6.07) is 6.22. The summed E-state index contributed by atoms with van der Waals surface area (Å²) in [5, 5.41) is 1.84. The van der Waals surface area contributed by atoms with E-state index in [1.807, 2.05) is 17.4 Å². The maximum Gasteiger partial charge on any atom is 0.338 e. The van der Waals surface area contributed by atoms with Crippen molar-refractivity contribution < 1.29 is 23.9 Å². The molecule has 0 unspecified atom stereocenters. The van der Waals surface area contributed by atoms with E-state index in [1.165, 1.54) is 6.92 Å². The maximum atomic E-state index is 11.9. The Hall–Kier alpha value is -2.83. The van der Waals surface area contributed by atoms with Crippen LogP contribution in [0.1, 0.15) is 12.5 Å². The number of hydrogen-bond acceptors (Lipinski definition) is 5. The summed E-state index contributed by atoms with van der Waals surface area (Å²) in [5.41, 5.74) is 5.85. The van der Waals surface area contributed by atoms with Gasteiger partial charge in [0.15, 0.2) is 6.10 Å². The highest BCUT2D eigenvalue weighted by Gasteiger charge is 2.23. The van der Waals surface area contributed by atoms with Crippen molar-refractivity contribution in [2.45, 2.75) is 13.0 Å². The van der Waals surface area contributed by atoms with Crippen LogP contribution in [-0.4, -0.2) is 30.6 Å². The van der Waals surface area contributed by atoms with Gasteiger partial charge in [0.25, 0.3) is 5.91 Å². The lowest BCUT2D eigenvalue weighted by molar-refractivity contribution is -0.151. The second kappa shape index (κ2) is 6.08. The van der Waals surface area contributed by atoms with Crippen LogP contribution < -0.4 is 15.8 Å². The molecule has 1 heterocycles. The second-order valence-electron chi connectivity index (χ2n) is 4.40. The SMILES string of the molecule is C[C@H](OC(=O)C1=Cc2ccccc2OC1)C(=O)NC(N)=O. The van der Waals surface area contributed by atoms with Gasteiger partial charge in [0.05, 0.1) is 5.57 Å². The van der Waals surface area contributed by atoms with Crippen LogP contribution in [0.25, 0.3) is 6.08 Å². The van der Waals surface area contributed by atoms with Crippen LogP contribution in [0.5, 0.6) is 5.75 Å². The van der Waals surface area contributed by atoms with Crippen LogP contribution in [0.3, 0.4) is 0 Å². The highest BCUT2D eigenvalue weighted by Crippen LogP contribution is 2.26. The van der Waals surface area contributed by atoms with E-state index in [2.05, 4.69) is 0 Å². The van der Waals surface area contributed by atoms with Gasteiger partial charge in [-0.3, -0.25) is 10.1 Å². The number of carbonyl (C=O) groups excluding carboxylic acids is 3. The number of carbonyl (C=O) groups is 3. The van der Waals surface area contributed by atoms with Crippen molar-refractivity contribution in [3.63, 3.8) is 0 Å². The van der Waals surface area contributed by atoms with Crippen molar-refractivity contribution in [3.05, 3.63) is 35.4 Å². The van der Waals surface area contributed by atoms with Gasteiger partial charge < -0.3 is 15.2 Å². The molecule has 0 aromatic heterocycles. The summed E-state index contributed by atoms with van der Waals surface area (Å²) in [5.74, 6) is -0.793. The van der Waals surface area contributed by atoms with E-state index in [1.54, 1.807) is 18.2 Å². The molecule has 1 aromatic rings. The lowest BCUT2D eigenvalue weighted by atomic mass is 10.1. The molecule has 0 radical (unpaired) electrons. The van der Waals surface area contributed by atoms with Gasteiger partial charge in [-0.05, 0) is 19.1 Å². The first-order chi connectivity index (χ1) is 9.97. The quantitative estimate of drug-likeness (QED) is 0.792. The zero-order chi connectivity index (χ0) is 15.4. The first kappa shape index (κ1) is 14.6. The van der Waals surface area contributed by atoms with Crippen molar-refractivity contribution in [2.24, 2.45) is 5.73 Å². The molecule has 1 atom stereocenters. The van der Waals surface area contributed by atoms with Crippen molar-refractivity contribution in [1.82, 2.24) is 5.32 Å². The third-order valence-electron chi connectivity index (χ3n) is 2.79. The van der Waals surface area contributed by atoms with Gasteiger partial charge in [-0.2, -0.15) is 0 Å². The van der Waals surface area contributed by atoms with Gasteiger partial charge in [-0.15, -0.1) is 0 Å². The molecule has 2 rings (SSSR count). The average Bonchev–Trinajstić information content (AvgIpc) is 2.45. The molecule has 0 saturated heterocycles. The van der Waals surface area contributed by atoms with Gasteiger partial charge in [-0.1, -0.05) is 18.2 Å². The van der Waals surface area contributed by atoms with Crippen molar-refractivity contribution in [1.29, 1.82) is 0 Å². The Bertz CT molecular complexity index is 624. The number of imide groups is 1. The Kier molecular flexibility index (Phi) is 4.22. The lowest BCUT2D eigenvalue weighted by Gasteiger charge is -2.18. The minimum absolute atomic E-state index is 0.0556. The lowest BCUT2D eigenvalue weighted by Crippen LogP contribution is -2.42. The van der Waals surface area contributed by atoms with Crippen LogP contribution >= 0.6 is 0 Å². The molecule has 7 nitrogen and oxygen atoms in total. The molecule has 1 aliphatic rings. The predicted molar refractivity (Wildman–Crippen MR) is 73.2 cm³/mol. The zero-order valence-corrected chi connectivity index (χ0v) is 11.3. The molecular weight excluding hydrogens is 276 g/mol. The number of esters is 1. The van der Waals surface area contributed by atoms with Gasteiger partial charge >= 0.3 is 12.0 Å². The highest BCUT2D eigenvalue weighted by molar-refractivity contribution is 5.99. The van der Waals surface area contributed by atoms with Crippen molar-refractivity contribution >= 4 is 24.0 Å². The van der Waals surface area contributed by atoms with Crippen molar-refractivity contribution in [2.75, 3.05) is 6.61 Å². The molecule has 1 aromatic carbocycles. The molecule has 7 heteroatoms. The molecule has 0 saturated carbocycles. The second-order valence-corrected chi connectivity index (χ2v) is 4.40. The van der Waals surface area contributed by atoms with Crippen LogP contribution in [0.2, 0.25) is 0 Å². The summed E-state index contributed by atoms with van der Waals surface area (Å²) < 4.78 is 10.4. The number of hydrogen-bond donors (Lipinski definition) is 2. The summed E-state index contributed by atoms with van der Waals surface area (Å²) in [4.78, 5) is 33.9. The van der Waals surface area contributed by atoms with Crippen LogP contribution in [0.15, 0.2) is 29.8 Å². The topological polar surface area (TPSA) is 108 Å². The first-order valence-electron chi connectivity index (χ1n) is 6.21. The number of amides is 3. The van der Waals surface area contributed by atoms with E-state index in [-0.39, 0.29) is 12.2 Å². The van der Waals surface area contributed by atoms with E-state index < -0.39 is 24.0 Å². The Labute approximate surface area is 120 Å². The van der Waals surface area contributed by atoms with Gasteiger partial charge in [0.1, 0.15) is 12.4 Å². The minimum Gasteiger partial charge on any atom is -0.488 e. The third kappa shape index (κ3) is 3.59. The van der Waals surface area contributed by atoms with Crippen molar-refractivity contribution in [3.8, 4) is 5.75 Å². The molecule has 3 N–H and O–H groups in total. The summed E-state index contributed by atoms with van der Waals surface area (Å²) in [6.45, 7) is 1.40. The fraction of sp³-hybridized carbons (Fsp3) is 0.214. The number of benzene rings is 1. The Morgan fingerprint density at radius 3 is 2.76 bits per heavy atom. The number of rotatable bonds is 3. The molecule has 0 spiro atoms. The number of urea groups is 1. The Morgan fingerprint density at radius 1 is 1.33 bits per heavy atom. The number of para-hydroxylation sites is 1. The van der Waals surface area contributed by atoms with Gasteiger partial charge in [0, 0.05) is 5.56 Å². The van der Waals surface area contributed by atoms with E-state index in [9.17, 15) is 14.4 Å². The van der Waals surface area contributed by atoms with E-state index >= 15 is 0 Å². The third-order valence-corrected chi connectivity index (χ3v) is 2.79. The fourth-order valence-electron chi connectivity index (χ4n) is 1.75. The monoisotopic (exact) mass is 290 g/mol. The number of nitrogens with one attached hydrogen (secondary N) is 1. The van der Waals surface area contributed by atoms with Crippen LogP contribution in [0.4, 0.5) is 4.79 Å². The normalized spacial score (nSPS) is 14.0. The van der Waals surface area contributed by atoms with E-state index in [0.29, 0.717) is 5.75 Å². The van der Waals surface area contributed by atoms with E-state index in [4.69, 9.17) is 15.2 Å². The molecule has 110 valence electrons.